The first-order chi connectivity index (χ1) is 14.1. The fourth-order valence-electron chi connectivity index (χ4n) is 3.25. The van der Waals surface area contributed by atoms with Crippen molar-refractivity contribution in [3.8, 4) is 5.75 Å². The van der Waals surface area contributed by atoms with E-state index in [4.69, 9.17) is 25.5 Å². The van der Waals surface area contributed by atoms with Gasteiger partial charge in [-0.25, -0.2) is 4.99 Å². The zero-order chi connectivity index (χ0) is 20.2. The maximum Gasteiger partial charge on any atom is 0.256 e. The van der Waals surface area contributed by atoms with Crippen molar-refractivity contribution < 1.29 is 18.7 Å². The van der Waals surface area contributed by atoms with Crippen LogP contribution >= 0.6 is 11.6 Å². The van der Waals surface area contributed by atoms with Gasteiger partial charge in [-0.3, -0.25) is 4.79 Å². The van der Waals surface area contributed by atoms with Crippen LogP contribution < -0.4 is 15.6 Å². The lowest BCUT2D eigenvalue weighted by Crippen LogP contribution is -2.34. The summed E-state index contributed by atoms with van der Waals surface area (Å²) in [4.78, 5) is 17.5. The zero-order valence-electron chi connectivity index (χ0n) is 16.0. The van der Waals surface area contributed by atoms with Crippen molar-refractivity contribution in [1.82, 2.24) is 5.32 Å². The lowest BCUT2D eigenvalue weighted by molar-refractivity contribution is 0.0854. The molecule has 1 fully saturated rings. The Morgan fingerprint density at radius 3 is 2.97 bits per heavy atom. The van der Waals surface area contributed by atoms with E-state index in [9.17, 15) is 4.79 Å². The molecule has 1 saturated heterocycles. The molecule has 1 N–H and O–H groups in total. The Bertz CT molecular complexity index is 1100. The number of rotatable bonds is 5. The number of ether oxygens (including phenoxy) is 2. The first kappa shape index (κ1) is 19.5. The Labute approximate surface area is 173 Å². The molecule has 3 aromatic rings. The summed E-state index contributed by atoms with van der Waals surface area (Å²) in [7, 11) is 1.59. The van der Waals surface area contributed by atoms with Gasteiger partial charge in [-0.05, 0) is 49.2 Å². The molecule has 0 spiro atoms. The van der Waals surface area contributed by atoms with Crippen molar-refractivity contribution in [1.29, 1.82) is 0 Å². The molecule has 150 valence electrons. The van der Waals surface area contributed by atoms with Crippen molar-refractivity contribution >= 4 is 34.2 Å². The predicted octanol–water partition coefficient (Wildman–Crippen LogP) is 4.24. The minimum atomic E-state index is -0.271. The van der Waals surface area contributed by atoms with Crippen molar-refractivity contribution in [2.24, 2.45) is 4.99 Å². The van der Waals surface area contributed by atoms with Gasteiger partial charge in [0, 0.05) is 29.6 Å². The molecular formula is C22H21ClN2O4. The summed E-state index contributed by atoms with van der Waals surface area (Å²) in [5.41, 5.74) is 1.76. The number of nitrogens with one attached hydrogen (secondary N) is 1. The molecular weight excluding hydrogens is 392 g/mol. The number of hydrogen-bond donors (Lipinski definition) is 1. The minimum Gasteiger partial charge on any atom is -0.497 e. The highest BCUT2D eigenvalue weighted by molar-refractivity contribution is 6.31. The van der Waals surface area contributed by atoms with Crippen LogP contribution in [0.5, 0.6) is 5.75 Å². The van der Waals surface area contributed by atoms with Crippen LogP contribution in [0.15, 0.2) is 57.9 Å². The third-order valence-electron chi connectivity index (χ3n) is 4.75. The standard InChI is InChI=1S/C22H21ClN2O4/c1-27-17-5-2-4-16(12-17)25-22-19(21(26)24-13-18-6-3-9-28-18)11-14-10-15(23)7-8-20(14)29-22/h2,4-5,7-8,10-12,18H,3,6,9,13H2,1H3,(H,24,26)/t18-/m0/s1. The molecule has 29 heavy (non-hydrogen) atoms. The summed E-state index contributed by atoms with van der Waals surface area (Å²) in [6, 6.07) is 14.2. The summed E-state index contributed by atoms with van der Waals surface area (Å²) in [6.45, 7) is 1.19. The van der Waals surface area contributed by atoms with Gasteiger partial charge in [0.2, 0.25) is 5.55 Å². The monoisotopic (exact) mass is 412 g/mol. The largest absolute Gasteiger partial charge is 0.497 e. The number of hydrogen-bond acceptors (Lipinski definition) is 5. The van der Waals surface area contributed by atoms with Gasteiger partial charge in [-0.2, -0.15) is 0 Å². The minimum absolute atomic E-state index is 0.0459. The Hall–Kier alpha value is -2.83. The Morgan fingerprint density at radius 2 is 2.17 bits per heavy atom. The number of nitrogens with zero attached hydrogens (tertiary/aromatic N) is 1. The molecule has 2 heterocycles. The molecule has 7 heteroatoms. The van der Waals surface area contributed by atoms with Gasteiger partial charge >= 0.3 is 0 Å². The molecule has 0 bridgehead atoms. The van der Waals surface area contributed by atoms with Crippen LogP contribution in [0.2, 0.25) is 5.02 Å². The van der Waals surface area contributed by atoms with Crippen molar-refractivity contribution in [2.75, 3.05) is 20.3 Å². The molecule has 2 aromatic carbocycles. The van der Waals surface area contributed by atoms with E-state index < -0.39 is 0 Å². The van der Waals surface area contributed by atoms with E-state index >= 15 is 0 Å². The van der Waals surface area contributed by atoms with Crippen LogP contribution in [-0.2, 0) is 4.74 Å². The van der Waals surface area contributed by atoms with E-state index in [0.717, 1.165) is 24.8 Å². The van der Waals surface area contributed by atoms with Gasteiger partial charge in [0.25, 0.3) is 5.91 Å². The fraction of sp³-hybridized carbons (Fsp3) is 0.273. The molecule has 1 atom stereocenters. The van der Waals surface area contributed by atoms with Gasteiger partial charge in [-0.1, -0.05) is 17.7 Å². The molecule has 0 saturated carbocycles. The predicted molar refractivity (Wildman–Crippen MR) is 111 cm³/mol. The number of carbonyl (C=O) groups is 1. The number of halogens is 1. The molecule has 1 aliphatic heterocycles. The van der Waals surface area contributed by atoms with Gasteiger partial charge in [0.15, 0.2) is 0 Å². The number of benzene rings is 2. The summed E-state index contributed by atoms with van der Waals surface area (Å²) in [5, 5.41) is 4.22. The second-order valence-corrected chi connectivity index (χ2v) is 7.24. The first-order valence-electron chi connectivity index (χ1n) is 9.44. The number of fused-ring (bicyclic) bond motifs is 1. The van der Waals surface area contributed by atoms with E-state index in [2.05, 4.69) is 10.3 Å². The topological polar surface area (TPSA) is 73.1 Å². The first-order valence-corrected chi connectivity index (χ1v) is 9.82. The second-order valence-electron chi connectivity index (χ2n) is 6.81. The molecule has 4 rings (SSSR count). The van der Waals surface area contributed by atoms with Crippen molar-refractivity contribution in [3.63, 3.8) is 0 Å². The summed E-state index contributed by atoms with van der Waals surface area (Å²) in [6.07, 6.45) is 2.00. The van der Waals surface area contributed by atoms with E-state index in [0.29, 0.717) is 34.2 Å². The third kappa shape index (κ3) is 4.60. The maximum absolute atomic E-state index is 12.9. The molecule has 1 aliphatic rings. The average molecular weight is 413 g/mol. The summed E-state index contributed by atoms with van der Waals surface area (Å²) >= 11 is 6.10. The average Bonchev–Trinajstić information content (AvgIpc) is 3.25. The zero-order valence-corrected chi connectivity index (χ0v) is 16.7. The SMILES string of the molecule is COc1cccc(N=c2oc3ccc(Cl)cc3cc2C(=O)NC[C@@H]2CCCO2)c1. The number of methoxy groups -OCH3 is 1. The Kier molecular flexibility index (Phi) is 5.83. The highest BCUT2D eigenvalue weighted by Gasteiger charge is 2.18. The molecule has 0 unspecified atom stereocenters. The smallest absolute Gasteiger partial charge is 0.256 e. The van der Waals surface area contributed by atoms with Crippen molar-refractivity contribution in [2.45, 2.75) is 18.9 Å². The van der Waals surface area contributed by atoms with Crippen molar-refractivity contribution in [3.05, 3.63) is 64.7 Å². The molecule has 6 nitrogen and oxygen atoms in total. The molecule has 0 aliphatic carbocycles. The van der Waals surface area contributed by atoms with E-state index in [1.165, 1.54) is 0 Å². The maximum atomic E-state index is 12.9. The number of carbonyl (C=O) groups excluding carboxylic acids is 1. The van der Waals surface area contributed by atoms with E-state index in [1.54, 1.807) is 37.4 Å². The number of amides is 1. The van der Waals surface area contributed by atoms with Crippen LogP contribution in [0.4, 0.5) is 5.69 Å². The van der Waals surface area contributed by atoms with Gasteiger partial charge in [-0.15, -0.1) is 0 Å². The van der Waals surface area contributed by atoms with Gasteiger partial charge < -0.3 is 19.2 Å². The van der Waals surface area contributed by atoms with Crippen LogP contribution in [0.1, 0.15) is 23.2 Å². The van der Waals surface area contributed by atoms with Gasteiger partial charge in [0.05, 0.1) is 18.9 Å². The second kappa shape index (κ2) is 8.68. The lowest BCUT2D eigenvalue weighted by atomic mass is 10.1. The van der Waals surface area contributed by atoms with Crippen LogP contribution in [0.25, 0.3) is 11.0 Å². The lowest BCUT2D eigenvalue weighted by Gasteiger charge is -2.11. The summed E-state index contributed by atoms with van der Waals surface area (Å²) < 4.78 is 16.8. The highest BCUT2D eigenvalue weighted by atomic mass is 35.5. The van der Waals surface area contributed by atoms with Gasteiger partial charge in [0.1, 0.15) is 16.9 Å². The quantitative estimate of drug-likeness (QED) is 0.680. The molecule has 0 radical (unpaired) electrons. The Morgan fingerprint density at radius 1 is 1.28 bits per heavy atom. The van der Waals surface area contributed by atoms with E-state index in [-0.39, 0.29) is 17.6 Å². The molecule has 1 amide bonds. The normalized spacial score (nSPS) is 16.9. The molecule has 1 aromatic heterocycles. The fourth-order valence-corrected chi connectivity index (χ4v) is 3.43. The van der Waals surface area contributed by atoms with E-state index in [1.807, 2.05) is 18.2 Å². The van der Waals surface area contributed by atoms with Crippen LogP contribution in [-0.4, -0.2) is 32.3 Å². The Balaban J connectivity index is 1.75. The summed E-state index contributed by atoms with van der Waals surface area (Å²) in [5.74, 6) is 0.399. The highest BCUT2D eigenvalue weighted by Crippen LogP contribution is 2.21. The van der Waals surface area contributed by atoms with Crippen LogP contribution in [0.3, 0.4) is 0 Å². The van der Waals surface area contributed by atoms with Crippen LogP contribution in [0, 0.1) is 0 Å². The third-order valence-corrected chi connectivity index (χ3v) is 4.99.